The number of rotatable bonds is 5. The number of nitrogens with zero attached hydrogens (tertiary/aromatic N) is 2. The predicted octanol–water partition coefficient (Wildman–Crippen LogP) is 3.45. The highest BCUT2D eigenvalue weighted by Gasteiger charge is 2.19. The number of nitrogens with one attached hydrogen (secondary N) is 1. The molecule has 0 saturated heterocycles. The van der Waals surface area contributed by atoms with Crippen molar-refractivity contribution in [2.75, 3.05) is 0 Å². The summed E-state index contributed by atoms with van der Waals surface area (Å²) in [6.07, 6.45) is 2.65. The van der Waals surface area contributed by atoms with Gasteiger partial charge in [-0.05, 0) is 37.8 Å². The third-order valence-corrected chi connectivity index (χ3v) is 4.34. The van der Waals surface area contributed by atoms with Crippen LogP contribution in [0.4, 0.5) is 0 Å². The summed E-state index contributed by atoms with van der Waals surface area (Å²) in [6.45, 7) is 5.69. The van der Waals surface area contributed by atoms with Crippen molar-refractivity contribution in [2.45, 2.75) is 45.8 Å². The van der Waals surface area contributed by atoms with Gasteiger partial charge < -0.3 is 5.32 Å². The molecule has 106 valence electrons. The largest absolute Gasteiger partial charge is 0.310 e. The molecule has 2 aromatic rings. The highest BCUT2D eigenvalue weighted by Crippen LogP contribution is 2.21. The van der Waals surface area contributed by atoms with Crippen LogP contribution in [0.15, 0.2) is 24.3 Å². The highest BCUT2D eigenvalue weighted by atomic mass is 35.5. The molecule has 0 aliphatic heterocycles. The first-order valence-electron chi connectivity index (χ1n) is 7.14. The maximum absolute atomic E-state index is 6.19. The SMILES string of the molecule is Cc1nn(Cc2cccc(CNC3CC3)c2)c(C)c1Cl. The second-order valence-corrected chi connectivity index (χ2v) is 6.00. The Morgan fingerprint density at radius 3 is 2.70 bits per heavy atom. The zero-order valence-corrected chi connectivity index (χ0v) is 12.7. The minimum Gasteiger partial charge on any atom is -0.310 e. The lowest BCUT2D eigenvalue weighted by atomic mass is 10.1. The molecule has 1 N–H and O–H groups in total. The van der Waals surface area contributed by atoms with Crippen molar-refractivity contribution in [3.8, 4) is 0 Å². The van der Waals surface area contributed by atoms with Gasteiger partial charge in [0, 0.05) is 12.6 Å². The van der Waals surface area contributed by atoms with E-state index in [2.05, 4.69) is 34.7 Å². The molecule has 1 aliphatic carbocycles. The molecule has 1 fully saturated rings. The molecule has 3 nitrogen and oxygen atoms in total. The Bertz CT molecular complexity index is 614. The summed E-state index contributed by atoms with van der Waals surface area (Å²) >= 11 is 6.19. The third kappa shape index (κ3) is 3.05. The molecule has 0 amide bonds. The van der Waals surface area contributed by atoms with E-state index in [9.17, 15) is 0 Å². The monoisotopic (exact) mass is 289 g/mol. The van der Waals surface area contributed by atoms with Crippen LogP contribution >= 0.6 is 11.6 Å². The van der Waals surface area contributed by atoms with E-state index in [-0.39, 0.29) is 0 Å². The first kappa shape index (κ1) is 13.7. The lowest BCUT2D eigenvalue weighted by Gasteiger charge is -2.08. The Balaban J connectivity index is 1.72. The summed E-state index contributed by atoms with van der Waals surface area (Å²) in [5, 5.41) is 8.81. The highest BCUT2D eigenvalue weighted by molar-refractivity contribution is 6.31. The van der Waals surface area contributed by atoms with Crippen molar-refractivity contribution in [3.63, 3.8) is 0 Å². The molecule has 1 saturated carbocycles. The lowest BCUT2D eigenvalue weighted by Crippen LogP contribution is -2.15. The van der Waals surface area contributed by atoms with Crippen LogP contribution in [0.3, 0.4) is 0 Å². The summed E-state index contributed by atoms with van der Waals surface area (Å²) in [5.41, 5.74) is 4.53. The van der Waals surface area contributed by atoms with Crippen LogP contribution in [-0.4, -0.2) is 15.8 Å². The van der Waals surface area contributed by atoms with E-state index in [1.165, 1.54) is 24.0 Å². The van der Waals surface area contributed by atoms with Crippen molar-refractivity contribution >= 4 is 11.6 Å². The first-order chi connectivity index (χ1) is 9.63. The van der Waals surface area contributed by atoms with Crippen LogP contribution in [0.25, 0.3) is 0 Å². The van der Waals surface area contributed by atoms with Crippen LogP contribution in [-0.2, 0) is 13.1 Å². The van der Waals surface area contributed by atoms with Gasteiger partial charge in [0.25, 0.3) is 0 Å². The van der Waals surface area contributed by atoms with E-state index in [0.717, 1.165) is 35.5 Å². The number of hydrogen-bond acceptors (Lipinski definition) is 2. The van der Waals surface area contributed by atoms with Gasteiger partial charge in [0.2, 0.25) is 0 Å². The van der Waals surface area contributed by atoms with Crippen LogP contribution in [0.1, 0.15) is 35.4 Å². The zero-order valence-electron chi connectivity index (χ0n) is 12.0. The van der Waals surface area contributed by atoms with Crippen LogP contribution < -0.4 is 5.32 Å². The molecule has 0 radical (unpaired) electrons. The molecule has 20 heavy (non-hydrogen) atoms. The molecule has 1 aromatic carbocycles. The molecule has 1 aliphatic rings. The molecular weight excluding hydrogens is 270 g/mol. The molecule has 4 heteroatoms. The standard InChI is InChI=1S/C16H20ClN3/c1-11-16(17)12(2)20(19-11)10-14-5-3-4-13(8-14)9-18-15-6-7-15/h3-5,8,15,18H,6-7,9-10H2,1-2H3. The molecular formula is C16H20ClN3. The average molecular weight is 290 g/mol. The van der Waals surface area contributed by atoms with Crippen molar-refractivity contribution < 1.29 is 0 Å². The topological polar surface area (TPSA) is 29.9 Å². The van der Waals surface area contributed by atoms with Crippen molar-refractivity contribution in [1.29, 1.82) is 0 Å². The van der Waals surface area contributed by atoms with Crippen LogP contribution in [0.5, 0.6) is 0 Å². The Morgan fingerprint density at radius 2 is 2.05 bits per heavy atom. The Kier molecular flexibility index (Phi) is 3.81. The van der Waals surface area contributed by atoms with E-state index >= 15 is 0 Å². The normalized spacial score (nSPS) is 14.8. The smallest absolute Gasteiger partial charge is 0.0844 e. The van der Waals surface area contributed by atoms with E-state index in [0.29, 0.717) is 0 Å². The zero-order chi connectivity index (χ0) is 14.1. The maximum atomic E-state index is 6.19. The van der Waals surface area contributed by atoms with Gasteiger partial charge in [-0.15, -0.1) is 0 Å². The lowest BCUT2D eigenvalue weighted by molar-refractivity contribution is 0.655. The molecule has 0 spiro atoms. The van der Waals surface area contributed by atoms with Crippen LogP contribution in [0.2, 0.25) is 5.02 Å². The Labute approximate surface area is 124 Å². The molecule has 3 rings (SSSR count). The van der Waals surface area contributed by atoms with E-state index in [1.807, 2.05) is 18.5 Å². The molecule has 1 heterocycles. The fourth-order valence-electron chi connectivity index (χ4n) is 2.39. The van der Waals surface area contributed by atoms with Crippen molar-refractivity contribution in [2.24, 2.45) is 0 Å². The Morgan fingerprint density at radius 1 is 1.30 bits per heavy atom. The fraction of sp³-hybridized carbons (Fsp3) is 0.438. The minimum absolute atomic E-state index is 0.744. The molecule has 0 bridgehead atoms. The second kappa shape index (κ2) is 5.58. The van der Waals surface area contributed by atoms with Gasteiger partial charge in [0.1, 0.15) is 0 Å². The number of hydrogen-bond donors (Lipinski definition) is 1. The molecule has 0 unspecified atom stereocenters. The fourth-order valence-corrected chi connectivity index (χ4v) is 2.52. The number of halogens is 1. The predicted molar refractivity (Wildman–Crippen MR) is 82.1 cm³/mol. The van der Waals surface area contributed by atoms with Gasteiger partial charge in [0.15, 0.2) is 0 Å². The number of aromatic nitrogens is 2. The van der Waals surface area contributed by atoms with Gasteiger partial charge >= 0.3 is 0 Å². The van der Waals surface area contributed by atoms with Crippen LogP contribution in [0, 0.1) is 13.8 Å². The van der Waals surface area contributed by atoms with Gasteiger partial charge in [-0.3, -0.25) is 4.68 Å². The maximum Gasteiger partial charge on any atom is 0.0844 e. The summed E-state index contributed by atoms with van der Waals surface area (Å²) in [5.74, 6) is 0. The van der Waals surface area contributed by atoms with E-state index in [4.69, 9.17) is 11.6 Å². The van der Waals surface area contributed by atoms with Gasteiger partial charge in [-0.1, -0.05) is 35.9 Å². The first-order valence-corrected chi connectivity index (χ1v) is 7.52. The van der Waals surface area contributed by atoms with E-state index in [1.54, 1.807) is 0 Å². The molecule has 1 aromatic heterocycles. The van der Waals surface area contributed by atoms with Gasteiger partial charge in [-0.25, -0.2) is 0 Å². The molecule has 0 atom stereocenters. The quantitative estimate of drug-likeness (QED) is 0.914. The van der Waals surface area contributed by atoms with Crippen molar-refractivity contribution in [3.05, 3.63) is 51.8 Å². The second-order valence-electron chi connectivity index (χ2n) is 5.62. The van der Waals surface area contributed by atoms with Crippen molar-refractivity contribution in [1.82, 2.24) is 15.1 Å². The number of benzene rings is 1. The third-order valence-electron chi connectivity index (χ3n) is 3.79. The summed E-state index contributed by atoms with van der Waals surface area (Å²) in [7, 11) is 0. The van der Waals surface area contributed by atoms with Gasteiger partial charge in [0.05, 0.1) is 23.0 Å². The average Bonchev–Trinajstić information content (AvgIpc) is 3.23. The minimum atomic E-state index is 0.744. The van der Waals surface area contributed by atoms with E-state index < -0.39 is 0 Å². The summed E-state index contributed by atoms with van der Waals surface area (Å²) in [4.78, 5) is 0. The summed E-state index contributed by atoms with van der Waals surface area (Å²) < 4.78 is 1.98. The summed E-state index contributed by atoms with van der Waals surface area (Å²) in [6, 6.07) is 9.43. The Hall–Kier alpha value is -1.32. The number of aryl methyl sites for hydroxylation is 1. The van der Waals surface area contributed by atoms with Gasteiger partial charge in [-0.2, -0.15) is 5.10 Å².